The summed E-state index contributed by atoms with van der Waals surface area (Å²) in [5, 5.41) is 16.0. The summed E-state index contributed by atoms with van der Waals surface area (Å²) in [6.07, 6.45) is 2.98. The van der Waals surface area contributed by atoms with Crippen LogP contribution in [0.2, 0.25) is 0 Å². The number of aliphatic hydroxyl groups excluding tert-OH is 1. The molecule has 0 bridgehead atoms. The molecule has 1 unspecified atom stereocenters. The van der Waals surface area contributed by atoms with Gasteiger partial charge in [0.05, 0.1) is 6.20 Å². The van der Waals surface area contributed by atoms with Crippen LogP contribution in [-0.4, -0.2) is 14.9 Å². The Labute approximate surface area is 86.6 Å². The summed E-state index contributed by atoms with van der Waals surface area (Å²) in [6, 6.07) is 2.00. The van der Waals surface area contributed by atoms with E-state index in [1.54, 1.807) is 22.2 Å². The highest BCUT2D eigenvalue weighted by Crippen LogP contribution is 2.25. The number of hydrogen-bond donors (Lipinski definition) is 1. The minimum absolute atomic E-state index is 0.548. The molecule has 1 N–H and O–H groups in total. The first-order chi connectivity index (χ1) is 6.66. The minimum Gasteiger partial charge on any atom is -0.384 e. The molecule has 3 nitrogen and oxygen atoms in total. The van der Waals surface area contributed by atoms with Gasteiger partial charge in [0, 0.05) is 23.7 Å². The van der Waals surface area contributed by atoms with Crippen LogP contribution < -0.4 is 0 Å². The molecule has 2 rings (SSSR count). The van der Waals surface area contributed by atoms with E-state index in [1.165, 1.54) is 4.88 Å². The second-order valence-electron chi connectivity index (χ2n) is 3.34. The van der Waals surface area contributed by atoms with Gasteiger partial charge in [-0.1, -0.05) is 0 Å². The Morgan fingerprint density at radius 1 is 1.50 bits per heavy atom. The molecule has 14 heavy (non-hydrogen) atoms. The van der Waals surface area contributed by atoms with E-state index in [0.29, 0.717) is 0 Å². The van der Waals surface area contributed by atoms with Crippen molar-refractivity contribution < 1.29 is 5.11 Å². The summed E-state index contributed by atoms with van der Waals surface area (Å²) in [5.41, 5.74) is 1.78. The van der Waals surface area contributed by atoms with Crippen LogP contribution in [0.1, 0.15) is 22.1 Å². The highest BCUT2D eigenvalue weighted by molar-refractivity contribution is 7.10. The van der Waals surface area contributed by atoms with Gasteiger partial charge in [0.1, 0.15) is 6.10 Å². The quantitative estimate of drug-likeness (QED) is 0.818. The van der Waals surface area contributed by atoms with Crippen LogP contribution in [-0.2, 0) is 7.05 Å². The molecule has 0 radical (unpaired) electrons. The van der Waals surface area contributed by atoms with Crippen LogP contribution in [0.4, 0.5) is 0 Å². The highest BCUT2D eigenvalue weighted by atomic mass is 32.1. The van der Waals surface area contributed by atoms with Crippen molar-refractivity contribution in [2.24, 2.45) is 7.05 Å². The maximum absolute atomic E-state index is 9.97. The first-order valence-corrected chi connectivity index (χ1v) is 5.26. The first kappa shape index (κ1) is 9.43. The van der Waals surface area contributed by atoms with Crippen molar-refractivity contribution in [3.63, 3.8) is 0 Å². The molecule has 0 aromatic carbocycles. The molecule has 0 saturated heterocycles. The average Bonchev–Trinajstić information content (AvgIpc) is 2.73. The Morgan fingerprint density at radius 2 is 2.29 bits per heavy atom. The Bertz CT molecular complexity index is 393. The van der Waals surface area contributed by atoms with Gasteiger partial charge in [-0.15, -0.1) is 11.3 Å². The molecule has 2 aromatic heterocycles. The summed E-state index contributed by atoms with van der Waals surface area (Å²) in [7, 11) is 1.84. The lowest BCUT2D eigenvalue weighted by atomic mass is 10.1. The molecule has 0 saturated carbocycles. The van der Waals surface area contributed by atoms with Gasteiger partial charge < -0.3 is 5.11 Å². The number of aromatic nitrogens is 2. The second kappa shape index (κ2) is 3.55. The molecule has 0 fully saturated rings. The molecule has 2 aromatic rings. The van der Waals surface area contributed by atoms with Crippen LogP contribution in [0.25, 0.3) is 0 Å². The van der Waals surface area contributed by atoms with Crippen LogP contribution >= 0.6 is 11.3 Å². The normalized spacial score (nSPS) is 13.1. The molecule has 74 valence electrons. The number of rotatable bonds is 2. The van der Waals surface area contributed by atoms with Crippen molar-refractivity contribution in [1.82, 2.24) is 9.78 Å². The van der Waals surface area contributed by atoms with Gasteiger partial charge in [-0.3, -0.25) is 4.68 Å². The van der Waals surface area contributed by atoms with Crippen LogP contribution in [0.15, 0.2) is 23.8 Å². The van der Waals surface area contributed by atoms with Crippen molar-refractivity contribution in [3.05, 3.63) is 39.8 Å². The van der Waals surface area contributed by atoms with Crippen LogP contribution in [0.3, 0.4) is 0 Å². The number of hydrogen-bond acceptors (Lipinski definition) is 3. The van der Waals surface area contributed by atoms with Gasteiger partial charge in [0.15, 0.2) is 0 Å². The van der Waals surface area contributed by atoms with E-state index in [9.17, 15) is 5.11 Å². The van der Waals surface area contributed by atoms with E-state index < -0.39 is 6.10 Å². The van der Waals surface area contributed by atoms with Gasteiger partial charge in [-0.2, -0.15) is 5.10 Å². The highest BCUT2D eigenvalue weighted by Gasteiger charge is 2.12. The minimum atomic E-state index is -0.548. The van der Waals surface area contributed by atoms with Crippen LogP contribution in [0, 0.1) is 6.92 Å². The van der Waals surface area contributed by atoms with E-state index >= 15 is 0 Å². The monoisotopic (exact) mass is 208 g/mol. The lowest BCUT2D eigenvalue weighted by Crippen LogP contribution is -1.96. The van der Waals surface area contributed by atoms with Gasteiger partial charge >= 0.3 is 0 Å². The van der Waals surface area contributed by atoms with E-state index in [-0.39, 0.29) is 0 Å². The molecule has 1 atom stereocenters. The summed E-state index contributed by atoms with van der Waals surface area (Å²) in [5.74, 6) is 0. The van der Waals surface area contributed by atoms with Gasteiger partial charge in [-0.05, 0) is 23.9 Å². The van der Waals surface area contributed by atoms with Crippen molar-refractivity contribution in [2.45, 2.75) is 13.0 Å². The molecular formula is C10H12N2OS. The molecular weight excluding hydrogens is 196 g/mol. The number of nitrogens with zero attached hydrogens (tertiary/aromatic N) is 2. The molecule has 4 heteroatoms. The topological polar surface area (TPSA) is 38.1 Å². The summed E-state index contributed by atoms with van der Waals surface area (Å²) in [6.45, 7) is 2.03. The predicted octanol–water partition coefficient (Wildman–Crippen LogP) is 1.87. The summed E-state index contributed by atoms with van der Waals surface area (Å²) in [4.78, 5) is 1.21. The summed E-state index contributed by atoms with van der Waals surface area (Å²) < 4.78 is 1.69. The molecule has 0 spiro atoms. The number of aryl methyl sites for hydroxylation is 2. The third-order valence-corrected chi connectivity index (χ3v) is 2.99. The van der Waals surface area contributed by atoms with E-state index in [4.69, 9.17) is 0 Å². The predicted molar refractivity (Wildman–Crippen MR) is 56.3 cm³/mol. The SMILES string of the molecule is Cc1cc(C(O)c2cnn(C)c2)cs1. The Hall–Kier alpha value is -1.13. The van der Waals surface area contributed by atoms with Gasteiger partial charge in [0.2, 0.25) is 0 Å². The standard InChI is InChI=1S/C10H12N2OS/c1-7-3-8(6-14-7)10(13)9-4-11-12(2)5-9/h3-6,10,13H,1-2H3. The number of aliphatic hydroxyl groups is 1. The third kappa shape index (κ3) is 1.71. The molecule has 0 aliphatic carbocycles. The zero-order valence-electron chi connectivity index (χ0n) is 8.14. The molecule has 0 amide bonds. The zero-order valence-corrected chi connectivity index (χ0v) is 8.95. The second-order valence-corrected chi connectivity index (χ2v) is 4.46. The van der Waals surface area contributed by atoms with Gasteiger partial charge in [-0.25, -0.2) is 0 Å². The lowest BCUT2D eigenvalue weighted by Gasteiger charge is -2.04. The zero-order chi connectivity index (χ0) is 10.1. The molecule has 0 aliphatic rings. The third-order valence-electron chi connectivity index (χ3n) is 2.11. The molecule has 0 aliphatic heterocycles. The first-order valence-electron chi connectivity index (χ1n) is 4.38. The van der Waals surface area contributed by atoms with Crippen molar-refractivity contribution in [1.29, 1.82) is 0 Å². The Kier molecular flexibility index (Phi) is 2.39. The maximum atomic E-state index is 9.97. The summed E-state index contributed by atoms with van der Waals surface area (Å²) >= 11 is 1.65. The van der Waals surface area contributed by atoms with Crippen molar-refractivity contribution in [2.75, 3.05) is 0 Å². The van der Waals surface area contributed by atoms with Crippen molar-refractivity contribution >= 4 is 11.3 Å². The average molecular weight is 208 g/mol. The maximum Gasteiger partial charge on any atom is 0.108 e. The van der Waals surface area contributed by atoms with E-state index in [2.05, 4.69) is 5.10 Å². The number of thiophene rings is 1. The molecule has 2 heterocycles. The lowest BCUT2D eigenvalue weighted by molar-refractivity contribution is 0.220. The van der Waals surface area contributed by atoms with Gasteiger partial charge in [0.25, 0.3) is 0 Å². The fraction of sp³-hybridized carbons (Fsp3) is 0.300. The smallest absolute Gasteiger partial charge is 0.108 e. The fourth-order valence-electron chi connectivity index (χ4n) is 1.38. The van der Waals surface area contributed by atoms with Crippen molar-refractivity contribution in [3.8, 4) is 0 Å². The van der Waals surface area contributed by atoms with Crippen LogP contribution in [0.5, 0.6) is 0 Å². The largest absolute Gasteiger partial charge is 0.384 e. The fourth-order valence-corrected chi connectivity index (χ4v) is 2.10. The van der Waals surface area contributed by atoms with E-state index in [0.717, 1.165) is 11.1 Å². The Morgan fingerprint density at radius 3 is 2.79 bits per heavy atom. The van der Waals surface area contributed by atoms with E-state index in [1.807, 2.05) is 31.6 Å². The Balaban J connectivity index is 2.28.